The first-order chi connectivity index (χ1) is 6.76. The van der Waals surface area contributed by atoms with Gasteiger partial charge in [0.15, 0.2) is 0 Å². The van der Waals surface area contributed by atoms with E-state index in [1.54, 1.807) is 0 Å². The van der Waals surface area contributed by atoms with Crippen LogP contribution in [0.2, 0.25) is 0 Å². The van der Waals surface area contributed by atoms with Crippen molar-refractivity contribution in [1.82, 2.24) is 9.78 Å². The predicted octanol–water partition coefficient (Wildman–Crippen LogP) is 0.973. The van der Waals surface area contributed by atoms with Crippen molar-refractivity contribution in [2.24, 2.45) is 18.7 Å². The van der Waals surface area contributed by atoms with Crippen molar-refractivity contribution >= 4 is 0 Å². The smallest absolute Gasteiger partial charge is 0.0721 e. The number of aryl methyl sites for hydroxylation is 2. The molecule has 1 aromatic heterocycles. The number of rotatable bonds is 1. The molecule has 2 aliphatic rings. The van der Waals surface area contributed by atoms with Crippen LogP contribution in [0.5, 0.6) is 0 Å². The van der Waals surface area contributed by atoms with Crippen LogP contribution in [0, 0.1) is 5.92 Å². The molecule has 2 N–H and O–H groups in total. The third kappa shape index (κ3) is 0.934. The van der Waals surface area contributed by atoms with Crippen molar-refractivity contribution in [2.75, 3.05) is 6.54 Å². The van der Waals surface area contributed by atoms with Crippen LogP contribution in [0.15, 0.2) is 6.20 Å². The highest BCUT2D eigenvalue weighted by Gasteiger charge is 2.54. The summed E-state index contributed by atoms with van der Waals surface area (Å²) in [4.78, 5) is 0. The third-order valence-electron chi connectivity index (χ3n) is 3.99. The fraction of sp³-hybridized carbons (Fsp3) is 0.727. The van der Waals surface area contributed by atoms with E-state index in [9.17, 15) is 0 Å². The minimum Gasteiger partial charge on any atom is -0.330 e. The number of fused-ring (bicyclic) bond motifs is 2. The van der Waals surface area contributed by atoms with E-state index in [0.29, 0.717) is 11.3 Å². The lowest BCUT2D eigenvalue weighted by molar-refractivity contribution is 0.354. The van der Waals surface area contributed by atoms with Crippen LogP contribution >= 0.6 is 0 Å². The van der Waals surface area contributed by atoms with Gasteiger partial charge in [0.25, 0.3) is 0 Å². The van der Waals surface area contributed by atoms with Crippen molar-refractivity contribution in [2.45, 2.75) is 31.1 Å². The molecule has 3 rings (SSSR count). The second-order valence-corrected chi connectivity index (χ2v) is 4.80. The molecule has 0 aliphatic heterocycles. The maximum atomic E-state index is 5.85. The molecule has 1 saturated carbocycles. The van der Waals surface area contributed by atoms with E-state index in [-0.39, 0.29) is 0 Å². The molecule has 1 atom stereocenters. The molecule has 1 fully saturated rings. The topological polar surface area (TPSA) is 43.8 Å². The molecule has 0 saturated heterocycles. The molecule has 0 radical (unpaired) electrons. The largest absolute Gasteiger partial charge is 0.330 e. The van der Waals surface area contributed by atoms with Gasteiger partial charge in [-0.2, -0.15) is 5.10 Å². The molecule has 3 heteroatoms. The third-order valence-corrected chi connectivity index (χ3v) is 3.99. The molecular weight excluding hydrogens is 174 g/mol. The number of nitrogens with zero attached hydrogens (tertiary/aromatic N) is 2. The van der Waals surface area contributed by atoms with Gasteiger partial charge >= 0.3 is 0 Å². The van der Waals surface area contributed by atoms with Crippen LogP contribution in [0.3, 0.4) is 0 Å². The van der Waals surface area contributed by atoms with Crippen molar-refractivity contribution in [3.63, 3.8) is 0 Å². The minimum absolute atomic E-state index is 0.392. The van der Waals surface area contributed by atoms with Gasteiger partial charge in [0.2, 0.25) is 0 Å². The Morgan fingerprint density at radius 3 is 3.07 bits per heavy atom. The van der Waals surface area contributed by atoms with Crippen LogP contribution in [0.1, 0.15) is 30.5 Å². The molecular formula is C11H17N3. The van der Waals surface area contributed by atoms with Gasteiger partial charge in [0.1, 0.15) is 0 Å². The van der Waals surface area contributed by atoms with Gasteiger partial charge in [-0.05, 0) is 43.7 Å². The van der Waals surface area contributed by atoms with Crippen LogP contribution in [0.25, 0.3) is 0 Å². The summed E-state index contributed by atoms with van der Waals surface area (Å²) in [7, 11) is 2.02. The number of aromatic nitrogens is 2. The molecule has 1 heterocycles. The van der Waals surface area contributed by atoms with Crippen molar-refractivity contribution in [3.8, 4) is 0 Å². The van der Waals surface area contributed by atoms with E-state index in [1.807, 2.05) is 11.7 Å². The summed E-state index contributed by atoms with van der Waals surface area (Å²) in [6, 6.07) is 0. The first kappa shape index (κ1) is 8.48. The van der Waals surface area contributed by atoms with Gasteiger partial charge in [-0.15, -0.1) is 0 Å². The summed E-state index contributed by atoms with van der Waals surface area (Å²) in [6.07, 6.45) is 7.22. The summed E-state index contributed by atoms with van der Waals surface area (Å²) in [5.41, 5.74) is 9.07. The van der Waals surface area contributed by atoms with Crippen molar-refractivity contribution in [3.05, 3.63) is 17.5 Å². The monoisotopic (exact) mass is 191 g/mol. The second kappa shape index (κ2) is 2.60. The molecule has 76 valence electrons. The second-order valence-electron chi connectivity index (χ2n) is 4.80. The number of hydrogen-bond acceptors (Lipinski definition) is 2. The van der Waals surface area contributed by atoms with Gasteiger partial charge in [-0.1, -0.05) is 0 Å². The summed E-state index contributed by atoms with van der Waals surface area (Å²) < 4.78 is 1.96. The van der Waals surface area contributed by atoms with Gasteiger partial charge in [0, 0.05) is 18.7 Å². The Morgan fingerprint density at radius 1 is 1.64 bits per heavy atom. The van der Waals surface area contributed by atoms with E-state index in [2.05, 4.69) is 11.3 Å². The first-order valence-electron chi connectivity index (χ1n) is 5.49. The summed E-state index contributed by atoms with van der Waals surface area (Å²) in [5, 5.41) is 4.63. The maximum absolute atomic E-state index is 5.85. The molecule has 2 aliphatic carbocycles. The van der Waals surface area contributed by atoms with Crippen LogP contribution in [-0.4, -0.2) is 16.3 Å². The highest BCUT2D eigenvalue weighted by atomic mass is 15.3. The maximum Gasteiger partial charge on any atom is 0.0721 e. The Kier molecular flexibility index (Phi) is 1.57. The number of nitrogens with two attached hydrogens (primary N) is 1. The quantitative estimate of drug-likeness (QED) is 0.719. The van der Waals surface area contributed by atoms with Crippen LogP contribution in [0.4, 0.5) is 0 Å². The molecule has 0 bridgehead atoms. The van der Waals surface area contributed by atoms with Gasteiger partial charge in [-0.25, -0.2) is 0 Å². The standard InChI is InChI=1S/C11H17N3/c1-14-7-8-2-3-9(6-12)11(4-5-11)10(8)13-14/h7,9H,2-6,12H2,1H3. The van der Waals surface area contributed by atoms with Gasteiger partial charge in [0.05, 0.1) is 5.69 Å². The summed E-state index contributed by atoms with van der Waals surface area (Å²) in [6.45, 7) is 0.829. The fourth-order valence-corrected chi connectivity index (χ4v) is 3.06. The first-order valence-corrected chi connectivity index (χ1v) is 5.49. The van der Waals surface area contributed by atoms with E-state index < -0.39 is 0 Å². The zero-order chi connectivity index (χ0) is 9.76. The van der Waals surface area contributed by atoms with Gasteiger partial charge in [-0.3, -0.25) is 4.68 Å². The van der Waals surface area contributed by atoms with E-state index in [1.165, 1.54) is 36.9 Å². The predicted molar refractivity (Wildman–Crippen MR) is 55.0 cm³/mol. The lowest BCUT2D eigenvalue weighted by Gasteiger charge is -2.29. The fourth-order valence-electron chi connectivity index (χ4n) is 3.06. The molecule has 1 unspecified atom stereocenters. The van der Waals surface area contributed by atoms with Gasteiger partial charge < -0.3 is 5.73 Å². The van der Waals surface area contributed by atoms with Crippen molar-refractivity contribution in [1.29, 1.82) is 0 Å². The highest BCUT2D eigenvalue weighted by molar-refractivity contribution is 5.36. The lowest BCUT2D eigenvalue weighted by atomic mass is 9.76. The van der Waals surface area contributed by atoms with E-state index in [4.69, 9.17) is 5.73 Å². The molecule has 1 aromatic rings. The molecule has 3 nitrogen and oxygen atoms in total. The zero-order valence-corrected chi connectivity index (χ0v) is 8.66. The Bertz CT molecular complexity index is 363. The molecule has 14 heavy (non-hydrogen) atoms. The Morgan fingerprint density at radius 2 is 2.43 bits per heavy atom. The highest BCUT2D eigenvalue weighted by Crippen LogP contribution is 2.57. The zero-order valence-electron chi connectivity index (χ0n) is 8.66. The normalized spacial score (nSPS) is 27.7. The molecule has 1 spiro atoms. The average Bonchev–Trinajstić information content (AvgIpc) is 2.84. The molecule has 0 aromatic carbocycles. The van der Waals surface area contributed by atoms with E-state index >= 15 is 0 Å². The summed E-state index contributed by atoms with van der Waals surface area (Å²) in [5.74, 6) is 0.685. The number of hydrogen-bond donors (Lipinski definition) is 1. The Labute approximate surface area is 84.3 Å². The Balaban J connectivity index is 2.07. The summed E-state index contributed by atoms with van der Waals surface area (Å²) >= 11 is 0. The molecule has 0 amide bonds. The van der Waals surface area contributed by atoms with E-state index in [0.717, 1.165) is 6.54 Å². The average molecular weight is 191 g/mol. The van der Waals surface area contributed by atoms with Crippen LogP contribution < -0.4 is 5.73 Å². The van der Waals surface area contributed by atoms with Crippen molar-refractivity contribution < 1.29 is 0 Å². The minimum atomic E-state index is 0.392. The lowest BCUT2D eigenvalue weighted by Crippen LogP contribution is -2.32. The SMILES string of the molecule is Cn1cc2c(n1)C1(CC1)C(CN)CC2. The van der Waals surface area contributed by atoms with Crippen LogP contribution in [-0.2, 0) is 18.9 Å². The Hall–Kier alpha value is -0.830.